The number of amides is 2. The Morgan fingerprint density at radius 2 is 2.11 bits per heavy atom. The number of morpholine rings is 1. The largest absolute Gasteiger partial charge is 0.373 e. The molecule has 10 heteroatoms. The first-order valence-corrected chi connectivity index (χ1v) is 12.8. The molecule has 1 aliphatic rings. The van der Waals surface area contributed by atoms with Gasteiger partial charge in [0.25, 0.3) is 0 Å². The van der Waals surface area contributed by atoms with Gasteiger partial charge >= 0.3 is 6.03 Å². The highest BCUT2D eigenvalue weighted by Crippen LogP contribution is 2.40. The number of nitrogens with zero attached hydrogens (tertiary/aromatic N) is 6. The van der Waals surface area contributed by atoms with Gasteiger partial charge in [-0.1, -0.05) is 29.5 Å². The number of carbonyl (C=O) groups is 1. The van der Waals surface area contributed by atoms with Crippen molar-refractivity contribution in [3.05, 3.63) is 60.0 Å². The lowest BCUT2D eigenvalue weighted by Crippen LogP contribution is -2.50. The van der Waals surface area contributed by atoms with Crippen LogP contribution in [0.25, 0.3) is 32.6 Å². The summed E-state index contributed by atoms with van der Waals surface area (Å²) in [6, 6.07) is 15.3. The van der Waals surface area contributed by atoms with Crippen LogP contribution in [0.3, 0.4) is 0 Å². The number of benzene rings is 2. The van der Waals surface area contributed by atoms with Crippen LogP contribution in [0.1, 0.15) is 11.3 Å². The molecular formula is C27H27N7O2S. The lowest BCUT2D eigenvalue weighted by molar-refractivity contribution is -0.0228. The Morgan fingerprint density at radius 3 is 2.92 bits per heavy atom. The van der Waals surface area contributed by atoms with E-state index in [0.717, 1.165) is 39.1 Å². The number of nitriles is 1. The second-order valence-electron chi connectivity index (χ2n) is 9.21. The maximum atomic E-state index is 13.2. The number of urea groups is 1. The van der Waals surface area contributed by atoms with Crippen molar-refractivity contribution in [2.24, 2.45) is 0 Å². The van der Waals surface area contributed by atoms with Gasteiger partial charge in [-0.25, -0.2) is 19.7 Å². The predicted molar refractivity (Wildman–Crippen MR) is 144 cm³/mol. The maximum absolute atomic E-state index is 13.2. The number of fused-ring (bicyclic) bond motifs is 1. The van der Waals surface area contributed by atoms with E-state index in [1.165, 1.54) is 11.3 Å². The summed E-state index contributed by atoms with van der Waals surface area (Å²) >= 11 is 1.41. The molecule has 1 aliphatic heterocycles. The first-order chi connectivity index (χ1) is 17.9. The molecule has 1 N–H and O–H groups in total. The maximum Gasteiger partial charge on any atom is 0.323 e. The number of aromatic nitrogens is 3. The lowest BCUT2D eigenvalue weighted by Gasteiger charge is -2.33. The topological polar surface area (TPSA) is 107 Å². The van der Waals surface area contributed by atoms with E-state index in [4.69, 9.17) is 9.72 Å². The summed E-state index contributed by atoms with van der Waals surface area (Å²) in [5.74, 6) is 0. The van der Waals surface area contributed by atoms with Crippen LogP contribution in [0, 0.1) is 18.3 Å². The highest BCUT2D eigenvalue weighted by atomic mass is 32.1. The highest BCUT2D eigenvalue weighted by molar-refractivity contribution is 7.19. The van der Waals surface area contributed by atoms with Crippen molar-refractivity contribution < 1.29 is 9.53 Å². The number of nitrogens with one attached hydrogen (secondary N) is 1. The van der Waals surface area contributed by atoms with Crippen molar-refractivity contribution in [2.75, 3.05) is 45.7 Å². The molecule has 37 heavy (non-hydrogen) atoms. The molecular weight excluding hydrogens is 486 g/mol. The predicted octanol–water partition coefficient (Wildman–Crippen LogP) is 4.39. The van der Waals surface area contributed by atoms with Gasteiger partial charge in [0.1, 0.15) is 6.33 Å². The molecule has 1 saturated heterocycles. The van der Waals surface area contributed by atoms with Crippen LogP contribution in [-0.2, 0) is 4.74 Å². The summed E-state index contributed by atoms with van der Waals surface area (Å²) < 4.78 is 5.81. The number of thiazole rings is 1. The highest BCUT2D eigenvalue weighted by Gasteiger charge is 2.26. The zero-order chi connectivity index (χ0) is 25.9. The molecule has 2 aromatic heterocycles. The third kappa shape index (κ3) is 5.44. The molecule has 0 radical (unpaired) electrons. The van der Waals surface area contributed by atoms with Gasteiger partial charge in [-0.15, -0.1) is 0 Å². The number of ether oxygens (including phenoxy) is 1. The molecule has 3 heterocycles. The van der Waals surface area contributed by atoms with Gasteiger partial charge in [0.05, 0.1) is 40.4 Å². The van der Waals surface area contributed by atoms with Gasteiger partial charge in [-0.2, -0.15) is 5.26 Å². The minimum atomic E-state index is -0.201. The Bertz CT molecular complexity index is 1490. The van der Waals surface area contributed by atoms with Crippen molar-refractivity contribution in [1.29, 1.82) is 5.26 Å². The first kappa shape index (κ1) is 24.8. The minimum absolute atomic E-state index is 0.0336. The SMILES string of the molecule is Cc1ncnc2ccc(-c3sc(NC(=O)N4CCOC(CN(C)C)C4)nc3-c3cccc(C#N)c3)cc12. The summed E-state index contributed by atoms with van der Waals surface area (Å²) in [5.41, 5.74) is 4.76. The standard InChI is InChI=1S/C27H27N7O2S/c1-17-22-12-20(7-8-23(22)30-16-29-17)25-24(19-6-4-5-18(11-19)13-28)31-26(37-25)32-27(35)34-9-10-36-21(15-34)14-33(2)3/h4-8,11-12,16,21H,9-10,14-15H2,1-3H3,(H,31,32,35). The van der Waals surface area contributed by atoms with Crippen LogP contribution in [-0.4, -0.2) is 77.2 Å². The van der Waals surface area contributed by atoms with Crippen molar-refractivity contribution in [1.82, 2.24) is 24.8 Å². The molecule has 1 atom stereocenters. The fourth-order valence-electron chi connectivity index (χ4n) is 4.42. The van der Waals surface area contributed by atoms with Crippen molar-refractivity contribution in [3.63, 3.8) is 0 Å². The van der Waals surface area contributed by atoms with Crippen molar-refractivity contribution >= 4 is 33.4 Å². The van der Waals surface area contributed by atoms with E-state index in [9.17, 15) is 10.1 Å². The van der Waals surface area contributed by atoms with Gasteiger partial charge in [-0.05, 0) is 50.8 Å². The van der Waals surface area contributed by atoms with Gasteiger partial charge in [0.2, 0.25) is 0 Å². The summed E-state index contributed by atoms with van der Waals surface area (Å²) in [5, 5.41) is 13.9. The third-order valence-electron chi connectivity index (χ3n) is 6.20. The number of likely N-dealkylation sites (N-methyl/N-ethyl adjacent to an activating group) is 1. The number of anilines is 1. The van der Waals surface area contributed by atoms with Gasteiger partial charge in [-0.3, -0.25) is 5.32 Å². The molecule has 9 nitrogen and oxygen atoms in total. The van der Waals surface area contributed by atoms with E-state index in [2.05, 4.69) is 32.3 Å². The Hall–Kier alpha value is -3.91. The number of aryl methyl sites for hydroxylation is 1. The van der Waals surface area contributed by atoms with Crippen LogP contribution < -0.4 is 5.32 Å². The first-order valence-electron chi connectivity index (χ1n) is 12.0. The molecule has 1 unspecified atom stereocenters. The molecule has 188 valence electrons. The monoisotopic (exact) mass is 513 g/mol. The second kappa shape index (κ2) is 10.6. The molecule has 0 bridgehead atoms. The molecule has 0 spiro atoms. The summed E-state index contributed by atoms with van der Waals surface area (Å²) in [6.45, 7) is 4.24. The molecule has 5 rings (SSSR count). The molecule has 4 aromatic rings. The van der Waals surface area contributed by atoms with Crippen molar-refractivity contribution in [2.45, 2.75) is 13.0 Å². The fourth-order valence-corrected chi connectivity index (χ4v) is 5.39. The smallest absolute Gasteiger partial charge is 0.323 e. The van der Waals surface area contributed by atoms with Crippen LogP contribution >= 0.6 is 11.3 Å². The van der Waals surface area contributed by atoms with Crippen molar-refractivity contribution in [3.8, 4) is 27.8 Å². The molecule has 2 aromatic carbocycles. The average molecular weight is 514 g/mol. The Labute approximate surface area is 219 Å². The molecule has 2 amide bonds. The van der Waals surface area contributed by atoms with E-state index in [1.54, 1.807) is 17.3 Å². The second-order valence-corrected chi connectivity index (χ2v) is 10.2. The van der Waals surface area contributed by atoms with Gasteiger partial charge in [0.15, 0.2) is 5.13 Å². The van der Waals surface area contributed by atoms with Crippen LogP contribution in [0.15, 0.2) is 48.8 Å². The zero-order valence-corrected chi connectivity index (χ0v) is 21.7. The number of rotatable bonds is 5. The number of hydrogen-bond acceptors (Lipinski definition) is 8. The average Bonchev–Trinajstić information content (AvgIpc) is 3.32. The van der Waals surface area contributed by atoms with Crippen LogP contribution in [0.5, 0.6) is 0 Å². The fraction of sp³-hybridized carbons (Fsp3) is 0.296. The zero-order valence-electron chi connectivity index (χ0n) is 20.9. The van der Waals surface area contributed by atoms with E-state index < -0.39 is 0 Å². The van der Waals surface area contributed by atoms with E-state index in [1.807, 2.05) is 51.4 Å². The Morgan fingerprint density at radius 1 is 1.24 bits per heavy atom. The quantitative estimate of drug-likeness (QED) is 0.422. The summed E-state index contributed by atoms with van der Waals surface area (Å²) in [4.78, 5) is 31.4. The molecule has 0 aliphatic carbocycles. The van der Waals surface area contributed by atoms with E-state index >= 15 is 0 Å². The molecule has 1 fully saturated rings. The van der Waals surface area contributed by atoms with Crippen LogP contribution in [0.2, 0.25) is 0 Å². The van der Waals surface area contributed by atoms with Crippen LogP contribution in [0.4, 0.5) is 9.93 Å². The summed E-state index contributed by atoms with van der Waals surface area (Å²) in [6.07, 6.45) is 1.53. The minimum Gasteiger partial charge on any atom is -0.373 e. The van der Waals surface area contributed by atoms with Gasteiger partial charge in [0, 0.05) is 36.3 Å². The number of hydrogen-bond donors (Lipinski definition) is 1. The summed E-state index contributed by atoms with van der Waals surface area (Å²) in [7, 11) is 3.98. The lowest BCUT2D eigenvalue weighted by atomic mass is 10.0. The normalized spacial score (nSPS) is 15.6. The van der Waals surface area contributed by atoms with Gasteiger partial charge < -0.3 is 14.5 Å². The molecule has 0 saturated carbocycles. The third-order valence-corrected chi connectivity index (χ3v) is 7.22. The number of carbonyl (C=O) groups excluding carboxylic acids is 1. The van der Waals surface area contributed by atoms with E-state index in [-0.39, 0.29) is 12.1 Å². The Kier molecular flexibility index (Phi) is 7.10. The van der Waals surface area contributed by atoms with E-state index in [0.29, 0.717) is 36.1 Å². The Balaban J connectivity index is 1.50.